The molecule has 0 aromatic heterocycles. The van der Waals surface area contributed by atoms with E-state index < -0.39 is 22.5 Å². The number of esters is 1. The number of benzene rings is 2. The third-order valence-electron chi connectivity index (χ3n) is 3.29. The van der Waals surface area contributed by atoms with E-state index >= 15 is 0 Å². The van der Waals surface area contributed by atoms with Gasteiger partial charge in [-0.05, 0) is 31.2 Å². The van der Waals surface area contributed by atoms with Crippen LogP contribution in [-0.4, -0.2) is 29.1 Å². The highest BCUT2D eigenvalue weighted by atomic mass is 16.6. The molecule has 0 heterocycles. The standard InChI is InChI=1S/C18H14N4O5/c1-2-27-18(24)16(12-19)20-21(17(23)13-6-4-3-5-7-13)14-8-10-15(11-9-14)22(25)26/h3-11H,2H2,1H3/b20-16+. The Bertz CT molecular complexity index is 917. The van der Waals surface area contributed by atoms with Crippen molar-refractivity contribution in [1.29, 1.82) is 5.26 Å². The van der Waals surface area contributed by atoms with E-state index in [1.807, 2.05) is 0 Å². The maximum atomic E-state index is 12.8. The fraction of sp³-hybridized carbons (Fsp3) is 0.111. The molecule has 0 aliphatic heterocycles. The van der Waals surface area contributed by atoms with E-state index in [1.165, 1.54) is 36.4 Å². The van der Waals surface area contributed by atoms with Crippen molar-refractivity contribution in [1.82, 2.24) is 0 Å². The summed E-state index contributed by atoms with van der Waals surface area (Å²) in [7, 11) is 0. The average molecular weight is 366 g/mol. The van der Waals surface area contributed by atoms with Crippen LogP contribution in [0.15, 0.2) is 59.7 Å². The Morgan fingerprint density at radius 1 is 1.19 bits per heavy atom. The first-order valence-corrected chi connectivity index (χ1v) is 7.77. The summed E-state index contributed by atoms with van der Waals surface area (Å²) in [4.78, 5) is 34.9. The molecule has 0 aliphatic rings. The largest absolute Gasteiger partial charge is 0.461 e. The second-order valence-electron chi connectivity index (χ2n) is 5.04. The lowest BCUT2D eigenvalue weighted by atomic mass is 10.2. The number of carbonyl (C=O) groups is 2. The molecule has 0 aliphatic carbocycles. The van der Waals surface area contributed by atoms with Crippen molar-refractivity contribution in [2.75, 3.05) is 11.6 Å². The van der Waals surface area contributed by atoms with E-state index in [-0.39, 0.29) is 23.5 Å². The molecule has 0 atom stereocenters. The second kappa shape index (κ2) is 8.87. The first-order valence-electron chi connectivity index (χ1n) is 7.77. The lowest BCUT2D eigenvalue weighted by Gasteiger charge is -2.17. The van der Waals surface area contributed by atoms with Gasteiger partial charge in [0.25, 0.3) is 11.6 Å². The molecule has 2 aromatic carbocycles. The van der Waals surface area contributed by atoms with Gasteiger partial charge in [0.1, 0.15) is 6.07 Å². The van der Waals surface area contributed by atoms with Crippen LogP contribution in [0.4, 0.5) is 11.4 Å². The van der Waals surface area contributed by atoms with Crippen molar-refractivity contribution in [3.8, 4) is 6.07 Å². The summed E-state index contributed by atoms with van der Waals surface area (Å²) in [5.41, 5.74) is -0.410. The predicted molar refractivity (Wildman–Crippen MR) is 96.0 cm³/mol. The average Bonchev–Trinajstić information content (AvgIpc) is 2.69. The minimum absolute atomic E-state index is 0.0314. The number of nitro groups is 1. The van der Waals surface area contributed by atoms with Crippen LogP contribution in [0.25, 0.3) is 0 Å². The predicted octanol–water partition coefficient (Wildman–Crippen LogP) is 2.68. The number of carbonyl (C=O) groups excluding carboxylic acids is 2. The number of hydrogen-bond acceptors (Lipinski definition) is 7. The van der Waals surface area contributed by atoms with Gasteiger partial charge < -0.3 is 4.74 Å². The van der Waals surface area contributed by atoms with Gasteiger partial charge in [0, 0.05) is 17.7 Å². The Labute approximate surface area is 154 Å². The number of non-ortho nitro benzene ring substituents is 1. The summed E-state index contributed by atoms with van der Waals surface area (Å²) in [5, 5.41) is 24.7. The normalized spacial score (nSPS) is 10.6. The first kappa shape index (κ1) is 19.3. The third-order valence-corrected chi connectivity index (χ3v) is 3.29. The fourth-order valence-corrected chi connectivity index (χ4v) is 2.05. The summed E-state index contributed by atoms with van der Waals surface area (Å²) >= 11 is 0. The Balaban J connectivity index is 2.51. The monoisotopic (exact) mass is 366 g/mol. The summed E-state index contributed by atoms with van der Waals surface area (Å²) in [5.74, 6) is -1.60. The van der Waals surface area contributed by atoms with E-state index in [2.05, 4.69) is 5.10 Å². The van der Waals surface area contributed by atoms with Crippen LogP contribution in [-0.2, 0) is 9.53 Å². The highest BCUT2D eigenvalue weighted by molar-refractivity contribution is 6.43. The summed E-state index contributed by atoms with van der Waals surface area (Å²) < 4.78 is 4.75. The molecule has 27 heavy (non-hydrogen) atoms. The molecule has 9 heteroatoms. The molecule has 9 nitrogen and oxygen atoms in total. The minimum Gasteiger partial charge on any atom is -0.461 e. The van der Waals surface area contributed by atoms with Crippen LogP contribution in [0.5, 0.6) is 0 Å². The number of nitriles is 1. The molecule has 0 N–H and O–H groups in total. The van der Waals surface area contributed by atoms with Gasteiger partial charge in [-0.3, -0.25) is 14.9 Å². The van der Waals surface area contributed by atoms with Gasteiger partial charge in [-0.15, -0.1) is 5.10 Å². The molecule has 0 spiro atoms. The number of nitro benzene ring substituents is 1. The van der Waals surface area contributed by atoms with Crippen LogP contribution < -0.4 is 5.01 Å². The Morgan fingerprint density at radius 3 is 2.33 bits per heavy atom. The Kier molecular flexibility index (Phi) is 6.33. The van der Waals surface area contributed by atoms with Crippen molar-refractivity contribution >= 4 is 29.0 Å². The summed E-state index contributed by atoms with van der Waals surface area (Å²) in [6.07, 6.45) is 0. The maximum Gasteiger partial charge on any atom is 0.369 e. The van der Waals surface area contributed by atoms with Crippen molar-refractivity contribution in [2.24, 2.45) is 5.10 Å². The zero-order valence-electron chi connectivity index (χ0n) is 14.2. The topological polar surface area (TPSA) is 126 Å². The fourth-order valence-electron chi connectivity index (χ4n) is 2.05. The van der Waals surface area contributed by atoms with Gasteiger partial charge in [-0.1, -0.05) is 18.2 Å². The van der Waals surface area contributed by atoms with Gasteiger partial charge in [0.05, 0.1) is 17.2 Å². The Morgan fingerprint density at radius 2 is 1.81 bits per heavy atom. The number of anilines is 1. The third kappa shape index (κ3) is 4.73. The highest BCUT2D eigenvalue weighted by Crippen LogP contribution is 2.22. The van der Waals surface area contributed by atoms with Crippen molar-refractivity contribution < 1.29 is 19.2 Å². The van der Waals surface area contributed by atoms with E-state index in [4.69, 9.17) is 4.74 Å². The number of rotatable bonds is 6. The van der Waals surface area contributed by atoms with Crippen LogP contribution in [0, 0.1) is 21.4 Å². The zero-order chi connectivity index (χ0) is 19.8. The zero-order valence-corrected chi connectivity index (χ0v) is 14.2. The van der Waals surface area contributed by atoms with Gasteiger partial charge in [-0.25, -0.2) is 4.79 Å². The smallest absolute Gasteiger partial charge is 0.369 e. The van der Waals surface area contributed by atoms with Gasteiger partial charge >= 0.3 is 5.97 Å². The van der Waals surface area contributed by atoms with E-state index in [0.29, 0.717) is 0 Å². The molecule has 2 rings (SSSR count). The molecule has 136 valence electrons. The van der Waals surface area contributed by atoms with Gasteiger partial charge in [0.2, 0.25) is 5.71 Å². The van der Waals surface area contributed by atoms with E-state index in [9.17, 15) is 25.0 Å². The molecule has 2 aromatic rings. The molecule has 0 saturated carbocycles. The van der Waals surface area contributed by atoms with Gasteiger partial charge in [0.15, 0.2) is 0 Å². The van der Waals surface area contributed by atoms with Crippen molar-refractivity contribution in [3.05, 3.63) is 70.3 Å². The highest BCUT2D eigenvalue weighted by Gasteiger charge is 2.22. The van der Waals surface area contributed by atoms with Crippen molar-refractivity contribution in [3.63, 3.8) is 0 Å². The molecular formula is C18H14N4O5. The van der Waals surface area contributed by atoms with E-state index in [1.54, 1.807) is 31.2 Å². The number of hydrazone groups is 1. The lowest BCUT2D eigenvalue weighted by Crippen LogP contribution is -2.29. The maximum absolute atomic E-state index is 12.8. The summed E-state index contributed by atoms with van der Waals surface area (Å²) in [6.45, 7) is 1.60. The molecule has 0 unspecified atom stereocenters. The van der Waals surface area contributed by atoms with Crippen LogP contribution in [0.2, 0.25) is 0 Å². The first-order chi connectivity index (χ1) is 13.0. The molecule has 0 fully saturated rings. The second-order valence-corrected chi connectivity index (χ2v) is 5.04. The molecule has 1 amide bonds. The molecule has 0 radical (unpaired) electrons. The van der Waals surface area contributed by atoms with Crippen LogP contribution in [0.3, 0.4) is 0 Å². The summed E-state index contributed by atoms with van der Waals surface area (Å²) in [6, 6.07) is 14.6. The quantitative estimate of drug-likeness (QED) is 0.335. The van der Waals surface area contributed by atoms with Crippen LogP contribution in [0.1, 0.15) is 17.3 Å². The van der Waals surface area contributed by atoms with Crippen molar-refractivity contribution in [2.45, 2.75) is 6.92 Å². The minimum atomic E-state index is -0.979. The number of amides is 1. The molecule has 0 bridgehead atoms. The molecular weight excluding hydrogens is 352 g/mol. The van der Waals surface area contributed by atoms with Gasteiger partial charge in [-0.2, -0.15) is 10.3 Å². The Hall–Kier alpha value is -4.06. The van der Waals surface area contributed by atoms with Crippen LogP contribution >= 0.6 is 0 Å². The molecule has 0 saturated heterocycles. The lowest BCUT2D eigenvalue weighted by molar-refractivity contribution is -0.384. The number of nitrogens with zero attached hydrogens (tertiary/aromatic N) is 4. The number of ether oxygens (including phenoxy) is 1. The SMILES string of the molecule is CCOC(=O)/C(C#N)=N/N(C(=O)c1ccccc1)c1ccc([N+](=O)[O-])cc1. The van der Waals surface area contributed by atoms with E-state index in [0.717, 1.165) is 5.01 Å². The number of hydrogen-bond donors (Lipinski definition) is 0.